The first-order chi connectivity index (χ1) is 15.2. The summed E-state index contributed by atoms with van der Waals surface area (Å²) < 4.78 is 25.3. The molecule has 0 aromatic heterocycles. The van der Waals surface area contributed by atoms with Crippen LogP contribution in [0.1, 0.15) is 70.6 Å². The lowest BCUT2D eigenvalue weighted by molar-refractivity contribution is -0.118. The summed E-state index contributed by atoms with van der Waals surface area (Å²) in [6.45, 7) is 6.20. The van der Waals surface area contributed by atoms with Gasteiger partial charge in [0.25, 0.3) is 0 Å². The molecule has 0 aromatic carbocycles. The van der Waals surface area contributed by atoms with Crippen molar-refractivity contribution >= 4 is 5.91 Å². The number of hydrogen-bond acceptors (Lipinski definition) is 5. The molecule has 0 bridgehead atoms. The fourth-order valence-corrected chi connectivity index (χ4v) is 5.75. The van der Waals surface area contributed by atoms with Crippen LogP contribution in [0.25, 0.3) is 0 Å². The van der Waals surface area contributed by atoms with E-state index in [1.54, 1.807) is 0 Å². The predicted octanol–water partition coefficient (Wildman–Crippen LogP) is 3.78. The van der Waals surface area contributed by atoms with Gasteiger partial charge in [-0.2, -0.15) is 0 Å². The number of amides is 1. The van der Waals surface area contributed by atoms with E-state index in [9.17, 15) is 4.79 Å². The number of carbonyl (C=O) groups excluding carboxylic acids is 1. The van der Waals surface area contributed by atoms with E-state index in [0.29, 0.717) is 25.0 Å². The van der Waals surface area contributed by atoms with E-state index in [1.807, 2.05) is 0 Å². The minimum Gasteiger partial charge on any atom is -0.378 e. The first-order valence-electron chi connectivity index (χ1n) is 12.6. The average molecular weight is 436 g/mol. The normalized spacial score (nSPS) is 34.5. The molecule has 1 amide bonds. The van der Waals surface area contributed by atoms with E-state index in [0.717, 1.165) is 19.6 Å². The number of carbonyl (C=O) groups is 1. The smallest absolute Gasteiger partial charge is 0.243 e. The van der Waals surface area contributed by atoms with Gasteiger partial charge < -0.3 is 24.3 Å². The molecule has 2 aliphatic carbocycles. The van der Waals surface area contributed by atoms with Crippen molar-refractivity contribution in [2.75, 3.05) is 26.4 Å². The number of hydrogen-bond donors (Lipinski definition) is 1. The minimum atomic E-state index is -0.166. The van der Waals surface area contributed by atoms with Crippen molar-refractivity contribution in [3.8, 4) is 0 Å². The first kappa shape index (κ1) is 23.2. The van der Waals surface area contributed by atoms with Crippen LogP contribution in [0, 0.1) is 11.8 Å². The van der Waals surface area contributed by atoms with Gasteiger partial charge in [0.1, 0.15) is 18.3 Å². The van der Waals surface area contributed by atoms with Crippen molar-refractivity contribution in [2.45, 2.75) is 101 Å². The lowest BCUT2D eigenvalue weighted by atomic mass is 9.90. The number of fused-ring (bicyclic) bond motifs is 1. The fraction of sp³-hybridized carbons (Fsp3) is 0.880. The zero-order valence-corrected chi connectivity index (χ0v) is 19.0. The van der Waals surface area contributed by atoms with Crippen LogP contribution in [-0.2, 0) is 23.7 Å². The van der Waals surface area contributed by atoms with Gasteiger partial charge in [-0.05, 0) is 43.6 Å². The van der Waals surface area contributed by atoms with Crippen LogP contribution in [0.15, 0.2) is 12.7 Å². The van der Waals surface area contributed by atoms with Crippen LogP contribution >= 0.6 is 0 Å². The lowest BCUT2D eigenvalue weighted by Gasteiger charge is -2.28. The largest absolute Gasteiger partial charge is 0.378 e. The standard InChI is InChI=1S/C25H41NO5/c1-2-23(27)26-14-20-13-21-25(30-20)24(29-16-19-11-7-4-8-12-19)22(31-21)17-28-15-18-9-5-3-6-10-18/h2,18-22,24-25H,1,3-17H2,(H,26,27)/t20-,21+,22-,24-,25-/m1/s1. The molecule has 0 radical (unpaired) electrons. The number of rotatable bonds is 10. The Morgan fingerprint density at radius 3 is 2.29 bits per heavy atom. The molecule has 2 saturated carbocycles. The molecule has 1 N–H and O–H groups in total. The summed E-state index contributed by atoms with van der Waals surface area (Å²) in [5, 5.41) is 2.84. The molecule has 2 aliphatic heterocycles. The predicted molar refractivity (Wildman–Crippen MR) is 119 cm³/mol. The van der Waals surface area contributed by atoms with Crippen LogP contribution in [0.3, 0.4) is 0 Å². The molecule has 6 heteroatoms. The summed E-state index contributed by atoms with van der Waals surface area (Å²) in [4.78, 5) is 11.5. The molecule has 2 heterocycles. The molecule has 31 heavy (non-hydrogen) atoms. The molecular formula is C25H41NO5. The number of nitrogens with one attached hydrogen (secondary N) is 1. The molecular weight excluding hydrogens is 394 g/mol. The Morgan fingerprint density at radius 2 is 1.61 bits per heavy atom. The highest BCUT2D eigenvalue weighted by molar-refractivity contribution is 5.86. The highest BCUT2D eigenvalue weighted by atomic mass is 16.6. The van der Waals surface area contributed by atoms with Crippen LogP contribution in [-0.4, -0.2) is 62.8 Å². The van der Waals surface area contributed by atoms with Crippen LogP contribution < -0.4 is 5.32 Å². The Balaban J connectivity index is 1.28. The van der Waals surface area contributed by atoms with Gasteiger partial charge in [-0.3, -0.25) is 4.79 Å². The minimum absolute atomic E-state index is 0.0188. The van der Waals surface area contributed by atoms with E-state index >= 15 is 0 Å². The molecule has 2 saturated heterocycles. The second-order valence-electron chi connectivity index (χ2n) is 9.96. The first-order valence-corrected chi connectivity index (χ1v) is 12.6. The van der Waals surface area contributed by atoms with Crippen molar-refractivity contribution in [3.05, 3.63) is 12.7 Å². The average Bonchev–Trinajstić information content (AvgIpc) is 3.35. The van der Waals surface area contributed by atoms with Gasteiger partial charge in [-0.1, -0.05) is 45.1 Å². The molecule has 4 aliphatic rings. The van der Waals surface area contributed by atoms with Crippen molar-refractivity contribution in [2.24, 2.45) is 11.8 Å². The summed E-state index contributed by atoms with van der Waals surface area (Å²) in [5.41, 5.74) is 0. The molecule has 5 atom stereocenters. The third kappa shape index (κ3) is 6.53. The maximum absolute atomic E-state index is 11.5. The molecule has 0 unspecified atom stereocenters. The third-order valence-corrected chi connectivity index (χ3v) is 7.55. The van der Waals surface area contributed by atoms with E-state index < -0.39 is 0 Å². The molecule has 6 nitrogen and oxygen atoms in total. The Bertz CT molecular complexity index is 572. The summed E-state index contributed by atoms with van der Waals surface area (Å²) >= 11 is 0. The maximum Gasteiger partial charge on any atom is 0.243 e. The monoisotopic (exact) mass is 435 g/mol. The van der Waals surface area contributed by atoms with Crippen molar-refractivity contribution in [1.29, 1.82) is 0 Å². The van der Waals surface area contributed by atoms with Gasteiger partial charge in [0, 0.05) is 19.6 Å². The molecule has 0 spiro atoms. The van der Waals surface area contributed by atoms with Crippen LogP contribution in [0.5, 0.6) is 0 Å². The Hall–Kier alpha value is -0.950. The van der Waals surface area contributed by atoms with E-state index in [-0.39, 0.29) is 36.4 Å². The summed E-state index contributed by atoms with van der Waals surface area (Å²) in [6, 6.07) is 0. The highest BCUT2D eigenvalue weighted by Gasteiger charge is 2.51. The molecule has 176 valence electrons. The lowest BCUT2D eigenvalue weighted by Crippen LogP contribution is -2.40. The SMILES string of the molecule is C=CC(=O)NC[C@H]1C[C@@H]2O[C@H](COCC3CCCCC3)[C@@H](OCC3CCCCC3)[C@@H]2O1. The maximum atomic E-state index is 11.5. The van der Waals surface area contributed by atoms with E-state index in [1.165, 1.54) is 70.3 Å². The van der Waals surface area contributed by atoms with E-state index in [2.05, 4.69) is 11.9 Å². The van der Waals surface area contributed by atoms with Gasteiger partial charge >= 0.3 is 0 Å². The fourth-order valence-electron chi connectivity index (χ4n) is 5.75. The van der Waals surface area contributed by atoms with E-state index in [4.69, 9.17) is 18.9 Å². The van der Waals surface area contributed by atoms with Crippen molar-refractivity contribution in [1.82, 2.24) is 5.32 Å². The molecule has 0 aromatic rings. The Kier molecular flexibility index (Phi) is 8.82. The van der Waals surface area contributed by atoms with Crippen LogP contribution in [0.4, 0.5) is 0 Å². The summed E-state index contributed by atoms with van der Waals surface area (Å²) in [7, 11) is 0. The van der Waals surface area contributed by atoms with Gasteiger partial charge in [-0.15, -0.1) is 0 Å². The zero-order chi connectivity index (χ0) is 21.5. The second kappa shape index (κ2) is 11.8. The highest BCUT2D eigenvalue weighted by Crippen LogP contribution is 2.37. The quantitative estimate of drug-likeness (QED) is 0.529. The third-order valence-electron chi connectivity index (χ3n) is 7.55. The Morgan fingerprint density at radius 1 is 0.935 bits per heavy atom. The summed E-state index contributed by atoms with van der Waals surface area (Å²) in [6.07, 6.45) is 15.0. The van der Waals surface area contributed by atoms with Crippen molar-refractivity contribution < 1.29 is 23.7 Å². The molecule has 4 rings (SSSR count). The zero-order valence-electron chi connectivity index (χ0n) is 19.0. The van der Waals surface area contributed by atoms with Gasteiger partial charge in [-0.25, -0.2) is 0 Å². The van der Waals surface area contributed by atoms with Crippen LogP contribution in [0.2, 0.25) is 0 Å². The molecule has 4 fully saturated rings. The van der Waals surface area contributed by atoms with Gasteiger partial charge in [0.05, 0.1) is 25.4 Å². The van der Waals surface area contributed by atoms with Crippen molar-refractivity contribution in [3.63, 3.8) is 0 Å². The van der Waals surface area contributed by atoms with Gasteiger partial charge in [0.2, 0.25) is 5.91 Å². The summed E-state index contributed by atoms with van der Waals surface area (Å²) in [5.74, 6) is 1.19. The Labute approximate surface area is 187 Å². The number of ether oxygens (including phenoxy) is 4. The topological polar surface area (TPSA) is 66.0 Å². The van der Waals surface area contributed by atoms with Gasteiger partial charge in [0.15, 0.2) is 0 Å². The second-order valence-corrected chi connectivity index (χ2v) is 9.96.